The monoisotopic (exact) mass is 488 g/mol. The predicted molar refractivity (Wildman–Crippen MR) is 141 cm³/mol. The van der Waals surface area contributed by atoms with Crippen molar-refractivity contribution >= 4 is 29.1 Å². The molecule has 0 aliphatic carbocycles. The maximum atomic E-state index is 13.5. The third kappa shape index (κ3) is 4.78. The molecule has 1 aliphatic heterocycles. The first-order valence-corrected chi connectivity index (χ1v) is 11.5. The highest BCUT2D eigenvalue weighted by molar-refractivity contribution is 5.95. The lowest BCUT2D eigenvalue weighted by atomic mass is 10.0. The van der Waals surface area contributed by atoms with Crippen molar-refractivity contribution in [3.05, 3.63) is 90.8 Å². The van der Waals surface area contributed by atoms with Crippen molar-refractivity contribution in [3.8, 4) is 22.3 Å². The Labute approximate surface area is 209 Å². The Kier molecular flexibility index (Phi) is 6.53. The Morgan fingerprint density at radius 1 is 0.914 bits per heavy atom. The van der Waals surface area contributed by atoms with E-state index in [-0.39, 0.29) is 18.2 Å². The number of piperazine rings is 1. The van der Waals surface area contributed by atoms with Crippen molar-refractivity contribution in [2.75, 3.05) is 31.1 Å². The molecular formula is C27H26ClFN6. The number of aromatic amines is 1. The molecule has 0 atom stereocenters. The van der Waals surface area contributed by atoms with E-state index in [1.807, 2.05) is 35.5 Å². The molecule has 4 heterocycles. The fourth-order valence-electron chi connectivity index (χ4n) is 4.62. The van der Waals surface area contributed by atoms with Gasteiger partial charge in [0.15, 0.2) is 0 Å². The van der Waals surface area contributed by atoms with E-state index in [9.17, 15) is 4.39 Å². The Morgan fingerprint density at radius 3 is 2.63 bits per heavy atom. The zero-order valence-electron chi connectivity index (χ0n) is 19.1. The van der Waals surface area contributed by atoms with Gasteiger partial charge in [0.1, 0.15) is 11.5 Å². The SMILES string of the molecule is Cl.Fc1cccc(Cn2cc(-c3c[nH]c4ncc(-c5cccc(N6CCNCC6)c5)cc34)cn2)c1. The Bertz CT molecular complexity index is 1450. The molecule has 1 aliphatic rings. The third-order valence-electron chi connectivity index (χ3n) is 6.37. The fraction of sp³-hybridized carbons (Fsp3) is 0.185. The van der Waals surface area contributed by atoms with Gasteiger partial charge in [-0.1, -0.05) is 24.3 Å². The molecule has 6 nitrogen and oxygen atoms in total. The average molecular weight is 489 g/mol. The van der Waals surface area contributed by atoms with Crippen LogP contribution in [0.25, 0.3) is 33.3 Å². The minimum absolute atomic E-state index is 0. The lowest BCUT2D eigenvalue weighted by molar-refractivity contribution is 0.589. The standard InChI is InChI=1S/C27H25FN6.ClH/c28-23-5-1-3-19(11-23)17-34-18-22(15-32-34)26-16-31-27-25(26)13-21(14-30-27)20-4-2-6-24(12-20)33-9-7-29-8-10-33;/h1-6,11-16,18,29H,7-10,17H2,(H,30,31);1H. The number of pyridine rings is 1. The quantitative estimate of drug-likeness (QED) is 0.361. The number of halogens is 2. The predicted octanol–water partition coefficient (Wildman–Crippen LogP) is 5.11. The van der Waals surface area contributed by atoms with E-state index in [1.54, 1.807) is 6.07 Å². The molecule has 2 aromatic carbocycles. The molecule has 0 radical (unpaired) electrons. The second-order valence-corrected chi connectivity index (χ2v) is 8.67. The first kappa shape index (κ1) is 23.1. The molecule has 178 valence electrons. The van der Waals surface area contributed by atoms with E-state index in [1.165, 1.54) is 17.8 Å². The van der Waals surface area contributed by atoms with E-state index < -0.39 is 0 Å². The molecule has 35 heavy (non-hydrogen) atoms. The van der Waals surface area contributed by atoms with Gasteiger partial charge in [-0.05, 0) is 41.5 Å². The number of hydrogen-bond donors (Lipinski definition) is 2. The zero-order chi connectivity index (χ0) is 22.9. The van der Waals surface area contributed by atoms with Gasteiger partial charge in [-0.3, -0.25) is 4.68 Å². The number of benzene rings is 2. The summed E-state index contributed by atoms with van der Waals surface area (Å²) in [7, 11) is 0. The maximum absolute atomic E-state index is 13.5. The number of hydrogen-bond acceptors (Lipinski definition) is 4. The first-order chi connectivity index (χ1) is 16.7. The van der Waals surface area contributed by atoms with E-state index in [0.29, 0.717) is 6.54 Å². The molecule has 0 amide bonds. The summed E-state index contributed by atoms with van der Waals surface area (Å²) in [5.74, 6) is -0.235. The Morgan fingerprint density at radius 2 is 1.77 bits per heavy atom. The van der Waals surface area contributed by atoms with Crippen LogP contribution in [-0.2, 0) is 6.54 Å². The number of nitrogens with one attached hydrogen (secondary N) is 2. The van der Waals surface area contributed by atoms with Gasteiger partial charge < -0.3 is 15.2 Å². The van der Waals surface area contributed by atoms with Crippen molar-refractivity contribution in [1.29, 1.82) is 0 Å². The van der Waals surface area contributed by atoms with Crippen molar-refractivity contribution in [1.82, 2.24) is 25.1 Å². The highest BCUT2D eigenvalue weighted by Crippen LogP contribution is 2.32. The van der Waals surface area contributed by atoms with Gasteiger partial charge in [0.2, 0.25) is 0 Å². The van der Waals surface area contributed by atoms with Crippen LogP contribution < -0.4 is 10.2 Å². The molecular weight excluding hydrogens is 463 g/mol. The summed E-state index contributed by atoms with van der Waals surface area (Å²) >= 11 is 0. The van der Waals surface area contributed by atoms with E-state index in [0.717, 1.165) is 65.0 Å². The number of nitrogens with zero attached hydrogens (tertiary/aromatic N) is 4. The highest BCUT2D eigenvalue weighted by atomic mass is 35.5. The van der Waals surface area contributed by atoms with Crippen LogP contribution in [0.5, 0.6) is 0 Å². The van der Waals surface area contributed by atoms with Crippen LogP contribution in [0.15, 0.2) is 79.4 Å². The second-order valence-electron chi connectivity index (χ2n) is 8.67. The number of aromatic nitrogens is 4. The molecule has 0 unspecified atom stereocenters. The maximum Gasteiger partial charge on any atom is 0.137 e. The fourth-order valence-corrected chi connectivity index (χ4v) is 4.62. The van der Waals surface area contributed by atoms with Gasteiger partial charge in [-0.2, -0.15) is 5.10 Å². The van der Waals surface area contributed by atoms with Gasteiger partial charge in [-0.25, -0.2) is 9.37 Å². The minimum atomic E-state index is -0.235. The van der Waals surface area contributed by atoms with Crippen molar-refractivity contribution in [3.63, 3.8) is 0 Å². The molecule has 0 bridgehead atoms. The number of fused-ring (bicyclic) bond motifs is 1. The van der Waals surface area contributed by atoms with Crippen LogP contribution in [0.4, 0.5) is 10.1 Å². The largest absolute Gasteiger partial charge is 0.369 e. The molecule has 0 spiro atoms. The van der Waals surface area contributed by atoms with Gasteiger partial charge in [0.05, 0.1) is 12.7 Å². The van der Waals surface area contributed by atoms with Crippen molar-refractivity contribution in [2.24, 2.45) is 0 Å². The van der Waals surface area contributed by atoms with E-state index in [2.05, 4.69) is 55.6 Å². The summed E-state index contributed by atoms with van der Waals surface area (Å²) in [6, 6.07) is 17.5. The van der Waals surface area contributed by atoms with Crippen molar-refractivity contribution in [2.45, 2.75) is 6.54 Å². The molecule has 1 saturated heterocycles. The number of H-pyrrole nitrogens is 1. The highest BCUT2D eigenvalue weighted by Gasteiger charge is 2.14. The average Bonchev–Trinajstić information content (AvgIpc) is 3.51. The summed E-state index contributed by atoms with van der Waals surface area (Å²) in [6.45, 7) is 4.57. The van der Waals surface area contributed by atoms with Crippen LogP contribution in [0, 0.1) is 5.82 Å². The smallest absolute Gasteiger partial charge is 0.137 e. The molecule has 3 aromatic heterocycles. The second kappa shape index (κ2) is 9.90. The summed E-state index contributed by atoms with van der Waals surface area (Å²) in [5, 5.41) is 8.96. The molecule has 8 heteroatoms. The molecule has 2 N–H and O–H groups in total. The van der Waals surface area contributed by atoms with Crippen LogP contribution in [0.3, 0.4) is 0 Å². The van der Waals surface area contributed by atoms with Crippen LogP contribution in [-0.4, -0.2) is 45.9 Å². The summed E-state index contributed by atoms with van der Waals surface area (Å²) in [4.78, 5) is 10.4. The minimum Gasteiger partial charge on any atom is -0.369 e. The van der Waals surface area contributed by atoms with Gasteiger partial charge in [0.25, 0.3) is 0 Å². The Balaban J connectivity index is 0.00000253. The van der Waals surface area contributed by atoms with Gasteiger partial charge >= 0.3 is 0 Å². The number of anilines is 1. The molecule has 0 saturated carbocycles. The van der Waals surface area contributed by atoms with Crippen LogP contribution in [0.1, 0.15) is 5.56 Å². The summed E-state index contributed by atoms with van der Waals surface area (Å²) in [6.07, 6.45) is 7.74. The summed E-state index contributed by atoms with van der Waals surface area (Å²) in [5.41, 5.74) is 7.24. The van der Waals surface area contributed by atoms with E-state index >= 15 is 0 Å². The van der Waals surface area contributed by atoms with Crippen molar-refractivity contribution < 1.29 is 4.39 Å². The molecule has 1 fully saturated rings. The summed E-state index contributed by atoms with van der Waals surface area (Å²) < 4.78 is 15.4. The topological polar surface area (TPSA) is 61.8 Å². The zero-order valence-corrected chi connectivity index (χ0v) is 19.9. The normalized spacial score (nSPS) is 13.7. The molecule has 5 aromatic rings. The lowest BCUT2D eigenvalue weighted by Gasteiger charge is -2.29. The van der Waals surface area contributed by atoms with E-state index in [4.69, 9.17) is 0 Å². The van der Waals surface area contributed by atoms with Gasteiger partial charge in [-0.15, -0.1) is 12.4 Å². The molecule has 6 rings (SSSR count). The first-order valence-electron chi connectivity index (χ1n) is 11.5. The lowest BCUT2D eigenvalue weighted by Crippen LogP contribution is -2.43. The number of rotatable bonds is 5. The van der Waals surface area contributed by atoms with Crippen LogP contribution >= 0.6 is 12.4 Å². The Hall–Kier alpha value is -3.68. The van der Waals surface area contributed by atoms with Crippen LogP contribution in [0.2, 0.25) is 0 Å². The van der Waals surface area contributed by atoms with Gasteiger partial charge in [0, 0.05) is 72.5 Å². The third-order valence-corrected chi connectivity index (χ3v) is 6.37.